The molecule has 4 heteroatoms. The van der Waals surface area contributed by atoms with Crippen molar-refractivity contribution in [3.63, 3.8) is 0 Å². The first-order chi connectivity index (χ1) is 19.0. The number of benzene rings is 2. The number of ketones is 2. The van der Waals surface area contributed by atoms with E-state index >= 15 is 0 Å². The highest BCUT2D eigenvalue weighted by Gasteiger charge is 2.09. The first-order valence-corrected chi connectivity index (χ1v) is 16.2. The van der Waals surface area contributed by atoms with E-state index in [1.54, 1.807) is 14.0 Å². The molecule has 2 rings (SSSR count). The number of carbonyl (C=O) groups excluding carboxylic acids is 2. The molecule has 0 aliphatic carbocycles. The molecule has 3 nitrogen and oxygen atoms in total. The van der Waals surface area contributed by atoms with Gasteiger partial charge in [0.25, 0.3) is 0 Å². The minimum atomic E-state index is 0.133. The van der Waals surface area contributed by atoms with Crippen LogP contribution in [0.15, 0.2) is 40.9 Å². The minimum absolute atomic E-state index is 0.133. The maximum absolute atomic E-state index is 11.2. The Hall–Kier alpha value is -1.94. The van der Waals surface area contributed by atoms with Crippen molar-refractivity contribution in [3.05, 3.63) is 63.1 Å². The zero-order valence-electron chi connectivity index (χ0n) is 27.6. The van der Waals surface area contributed by atoms with Crippen molar-refractivity contribution in [2.75, 3.05) is 7.11 Å². The lowest BCUT2D eigenvalue weighted by Gasteiger charge is -2.08. The van der Waals surface area contributed by atoms with E-state index in [9.17, 15) is 9.59 Å². The van der Waals surface area contributed by atoms with Gasteiger partial charge in [0.05, 0.1) is 7.11 Å². The van der Waals surface area contributed by atoms with E-state index < -0.39 is 0 Å². The van der Waals surface area contributed by atoms with Gasteiger partial charge in [-0.2, -0.15) is 0 Å². The largest absolute Gasteiger partial charge is 0.496 e. The summed E-state index contributed by atoms with van der Waals surface area (Å²) in [6.45, 7) is 20.8. The summed E-state index contributed by atoms with van der Waals surface area (Å²) in [5.74, 6) is 2.84. The summed E-state index contributed by atoms with van der Waals surface area (Å²) in [5.41, 5.74) is 4.35. The summed E-state index contributed by atoms with van der Waals surface area (Å²) < 4.78 is 6.15. The monoisotopic (exact) mass is 618 g/mol. The quantitative estimate of drug-likeness (QED) is 0.222. The Balaban J connectivity index is 0. The number of methoxy groups -OCH3 is 1. The highest BCUT2D eigenvalue weighted by molar-refractivity contribution is 9.10. The second-order valence-corrected chi connectivity index (χ2v) is 11.4. The molecule has 0 amide bonds. The second-order valence-electron chi connectivity index (χ2n) is 10.5. The third-order valence-electron chi connectivity index (χ3n) is 7.03. The van der Waals surface area contributed by atoms with Crippen LogP contribution < -0.4 is 4.74 Å². The van der Waals surface area contributed by atoms with Crippen LogP contribution in [0.4, 0.5) is 0 Å². The molecule has 0 radical (unpaired) electrons. The Morgan fingerprint density at radius 1 is 0.875 bits per heavy atom. The Morgan fingerprint density at radius 3 is 1.85 bits per heavy atom. The second kappa shape index (κ2) is 24.8. The van der Waals surface area contributed by atoms with Crippen molar-refractivity contribution in [1.82, 2.24) is 0 Å². The highest BCUT2D eigenvalue weighted by Crippen LogP contribution is 2.21. The third-order valence-corrected chi connectivity index (χ3v) is 7.78. The fraction of sp³-hybridized carbons (Fsp3) is 0.611. The lowest BCUT2D eigenvalue weighted by atomic mass is 9.98. The molecule has 40 heavy (non-hydrogen) atoms. The van der Waals surface area contributed by atoms with E-state index in [1.165, 1.54) is 36.8 Å². The van der Waals surface area contributed by atoms with E-state index in [0.717, 1.165) is 59.4 Å². The predicted octanol–water partition coefficient (Wildman–Crippen LogP) is 11.5. The fourth-order valence-corrected chi connectivity index (χ4v) is 5.01. The number of aryl methyl sites for hydroxylation is 2. The van der Waals surface area contributed by atoms with Gasteiger partial charge in [-0.15, -0.1) is 0 Å². The van der Waals surface area contributed by atoms with E-state index in [1.807, 2.05) is 45.0 Å². The number of rotatable bonds is 12. The zero-order chi connectivity index (χ0) is 31.1. The molecular weight excluding hydrogens is 560 g/mol. The molecule has 0 N–H and O–H groups in total. The molecule has 228 valence electrons. The van der Waals surface area contributed by atoms with Crippen molar-refractivity contribution in [1.29, 1.82) is 0 Å². The Morgan fingerprint density at radius 2 is 1.48 bits per heavy atom. The van der Waals surface area contributed by atoms with Crippen LogP contribution in [0, 0.1) is 25.7 Å². The maximum Gasteiger partial charge on any atom is 0.160 e. The summed E-state index contributed by atoms with van der Waals surface area (Å²) in [4.78, 5) is 22.3. The lowest BCUT2D eigenvalue weighted by molar-refractivity contribution is -0.122. The van der Waals surface area contributed by atoms with Crippen LogP contribution in [0.3, 0.4) is 0 Å². The molecule has 0 bridgehead atoms. The van der Waals surface area contributed by atoms with Gasteiger partial charge in [-0.25, -0.2) is 0 Å². The third kappa shape index (κ3) is 17.7. The number of ether oxygens (including phenoxy) is 1. The number of halogens is 1. The average Bonchev–Trinajstić information content (AvgIpc) is 2.94. The maximum atomic E-state index is 11.2. The normalized spacial score (nSPS) is 10.7. The van der Waals surface area contributed by atoms with E-state index in [4.69, 9.17) is 4.74 Å². The van der Waals surface area contributed by atoms with Gasteiger partial charge in [-0.05, 0) is 74.8 Å². The van der Waals surface area contributed by atoms with Crippen molar-refractivity contribution in [2.45, 2.75) is 127 Å². The van der Waals surface area contributed by atoms with Crippen molar-refractivity contribution in [2.24, 2.45) is 11.8 Å². The number of hydrogen-bond acceptors (Lipinski definition) is 3. The van der Waals surface area contributed by atoms with Crippen molar-refractivity contribution in [3.8, 4) is 5.75 Å². The Bertz CT molecular complexity index is 947. The van der Waals surface area contributed by atoms with Gasteiger partial charge >= 0.3 is 0 Å². The van der Waals surface area contributed by atoms with E-state index in [0.29, 0.717) is 11.7 Å². The highest BCUT2D eigenvalue weighted by atomic mass is 79.9. The summed E-state index contributed by atoms with van der Waals surface area (Å²) in [7, 11) is 1.70. The van der Waals surface area contributed by atoms with Crippen LogP contribution in [-0.2, 0) is 11.2 Å². The molecule has 0 saturated heterocycles. The van der Waals surface area contributed by atoms with Gasteiger partial charge in [-0.3, -0.25) is 9.59 Å². The van der Waals surface area contributed by atoms with Crippen LogP contribution in [0.25, 0.3) is 0 Å². The van der Waals surface area contributed by atoms with Crippen molar-refractivity contribution < 1.29 is 14.3 Å². The molecule has 0 aliphatic heterocycles. The van der Waals surface area contributed by atoms with Crippen LogP contribution in [0.1, 0.15) is 134 Å². The molecule has 1 unspecified atom stereocenters. The zero-order valence-corrected chi connectivity index (χ0v) is 29.2. The van der Waals surface area contributed by atoms with Gasteiger partial charge in [0, 0.05) is 22.4 Å². The van der Waals surface area contributed by atoms with Crippen LogP contribution in [-0.4, -0.2) is 18.7 Å². The molecule has 0 fully saturated rings. The molecule has 2 aromatic carbocycles. The molecule has 0 heterocycles. The summed E-state index contributed by atoms with van der Waals surface area (Å²) in [6, 6.07) is 11.9. The fourth-order valence-electron chi connectivity index (χ4n) is 4.37. The van der Waals surface area contributed by atoms with Gasteiger partial charge in [0.1, 0.15) is 11.5 Å². The topological polar surface area (TPSA) is 43.4 Å². The Labute approximate surface area is 256 Å². The minimum Gasteiger partial charge on any atom is -0.496 e. The molecule has 1 atom stereocenters. The van der Waals surface area contributed by atoms with Crippen LogP contribution in [0.2, 0.25) is 0 Å². The molecule has 0 aromatic heterocycles. The van der Waals surface area contributed by atoms with E-state index in [2.05, 4.69) is 69.6 Å². The SMILES string of the molecule is CCCC(=O)C(C)CCC.CCCC(CC)CC.CCc1c(Br)cccc1C(C)=O.COc1cc(C)ccc1C. The first kappa shape index (κ1) is 40.2. The first-order valence-electron chi connectivity index (χ1n) is 15.4. The van der Waals surface area contributed by atoms with E-state index in [-0.39, 0.29) is 5.78 Å². The molecular formula is C36H59BrO3. The van der Waals surface area contributed by atoms with Gasteiger partial charge in [-0.1, -0.05) is 121 Å². The number of Topliss-reactive ketones (excluding diaryl/α,β-unsaturated/α-hetero) is 2. The number of carbonyl (C=O) groups is 2. The average molecular weight is 620 g/mol. The van der Waals surface area contributed by atoms with Gasteiger partial charge in [0.15, 0.2) is 5.78 Å². The predicted molar refractivity (Wildman–Crippen MR) is 179 cm³/mol. The standard InChI is InChI=1S/C10H11BrO.C9H12O.C9H18O.C8H18/c1-3-8-9(7(2)12)5-4-6-10(8)11;1-7-4-5-8(2)9(6-7)10-3;1-4-6-8(3)9(10)7-5-2;1-4-7-8(5-2)6-3/h4-6H,3H2,1-2H3;4-6H,1-3H3;8H,4-7H2,1-3H3;8H,4-7H2,1-3H3. The summed E-state index contributed by atoms with van der Waals surface area (Å²) in [5, 5.41) is 0. The van der Waals surface area contributed by atoms with Gasteiger partial charge in [0.2, 0.25) is 0 Å². The molecule has 2 aromatic rings. The molecule has 0 aliphatic rings. The van der Waals surface area contributed by atoms with Crippen LogP contribution >= 0.6 is 15.9 Å². The summed E-state index contributed by atoms with van der Waals surface area (Å²) in [6.07, 6.45) is 10.3. The number of hydrogen-bond donors (Lipinski definition) is 0. The van der Waals surface area contributed by atoms with Crippen LogP contribution in [0.5, 0.6) is 5.75 Å². The Kier molecular flexibility index (Phi) is 24.9. The molecule has 0 saturated carbocycles. The van der Waals surface area contributed by atoms with Gasteiger partial charge < -0.3 is 4.74 Å². The molecule has 0 spiro atoms. The summed E-state index contributed by atoms with van der Waals surface area (Å²) >= 11 is 3.42. The smallest absolute Gasteiger partial charge is 0.160 e. The lowest BCUT2D eigenvalue weighted by Crippen LogP contribution is -2.09. The van der Waals surface area contributed by atoms with Crippen molar-refractivity contribution >= 4 is 27.5 Å².